The van der Waals surface area contributed by atoms with Crippen LogP contribution in [0.25, 0.3) is 11.4 Å². The lowest BCUT2D eigenvalue weighted by molar-refractivity contribution is -0.120. The number of hydrogen-bond acceptors (Lipinski definition) is 4. The fourth-order valence-corrected chi connectivity index (χ4v) is 1.66. The fraction of sp³-hybridized carbons (Fsp3) is 0.214. The maximum Gasteiger partial charge on any atom is 0.227 e. The Morgan fingerprint density at radius 2 is 2.15 bits per heavy atom. The first kappa shape index (κ1) is 14.1. The summed E-state index contributed by atoms with van der Waals surface area (Å²) in [5.41, 5.74) is 0.807. The first-order valence-corrected chi connectivity index (χ1v) is 6.35. The van der Waals surface area contributed by atoms with Crippen LogP contribution in [-0.2, 0) is 11.2 Å². The minimum absolute atomic E-state index is 0.144. The molecule has 0 saturated carbocycles. The maximum atomic E-state index is 11.4. The van der Waals surface area contributed by atoms with Gasteiger partial charge in [-0.05, 0) is 24.3 Å². The highest BCUT2D eigenvalue weighted by molar-refractivity contribution is 6.30. The van der Waals surface area contributed by atoms with E-state index in [9.17, 15) is 4.79 Å². The second kappa shape index (κ2) is 6.73. The van der Waals surface area contributed by atoms with Gasteiger partial charge in [0.1, 0.15) is 0 Å². The largest absolute Gasteiger partial charge is 0.345 e. The number of amides is 1. The van der Waals surface area contributed by atoms with Gasteiger partial charge in [-0.2, -0.15) is 4.98 Å². The van der Waals surface area contributed by atoms with Crippen LogP contribution < -0.4 is 5.32 Å². The lowest BCUT2D eigenvalue weighted by Gasteiger charge is -1.97. The Morgan fingerprint density at radius 3 is 2.85 bits per heavy atom. The number of hydrogen-bond donors (Lipinski definition) is 1. The van der Waals surface area contributed by atoms with Crippen LogP contribution in [0.3, 0.4) is 0 Å². The van der Waals surface area contributed by atoms with Crippen LogP contribution in [0.4, 0.5) is 0 Å². The third kappa shape index (κ3) is 3.84. The Kier molecular flexibility index (Phi) is 4.75. The van der Waals surface area contributed by atoms with Crippen LogP contribution in [0.5, 0.6) is 0 Å². The van der Waals surface area contributed by atoms with E-state index in [0.29, 0.717) is 23.2 Å². The predicted molar refractivity (Wildman–Crippen MR) is 74.9 cm³/mol. The molecule has 1 aromatic carbocycles. The number of carbonyl (C=O) groups is 1. The van der Waals surface area contributed by atoms with Crippen molar-refractivity contribution < 1.29 is 9.32 Å². The van der Waals surface area contributed by atoms with Crippen molar-refractivity contribution in [3.8, 4) is 23.7 Å². The first-order valence-electron chi connectivity index (χ1n) is 5.97. The van der Waals surface area contributed by atoms with Gasteiger partial charge in [-0.25, -0.2) is 0 Å². The Bertz CT molecular complexity index is 629. The number of aromatic nitrogens is 2. The number of terminal acetylenes is 1. The van der Waals surface area contributed by atoms with E-state index in [2.05, 4.69) is 21.4 Å². The van der Waals surface area contributed by atoms with E-state index in [4.69, 9.17) is 22.5 Å². The number of nitrogens with one attached hydrogen (secondary N) is 1. The Labute approximate surface area is 121 Å². The van der Waals surface area contributed by atoms with Crippen LogP contribution in [0.15, 0.2) is 28.8 Å². The minimum atomic E-state index is -0.144. The molecular formula is C14H12ClN3O2. The second-order valence-corrected chi connectivity index (χ2v) is 4.44. The van der Waals surface area contributed by atoms with Gasteiger partial charge in [0, 0.05) is 23.4 Å². The van der Waals surface area contributed by atoms with Crippen molar-refractivity contribution in [1.82, 2.24) is 15.5 Å². The molecule has 0 aliphatic rings. The van der Waals surface area contributed by atoms with E-state index >= 15 is 0 Å². The summed E-state index contributed by atoms with van der Waals surface area (Å²) in [6.45, 7) is 0.221. The standard InChI is InChI=1S/C14H12ClN3O2/c1-2-9-16-12(19)7-8-13-17-14(18-20-13)10-3-5-11(15)6-4-10/h1,3-6H,7-9H2,(H,16,19). The average Bonchev–Trinajstić information content (AvgIpc) is 2.92. The van der Waals surface area contributed by atoms with Crippen molar-refractivity contribution in [2.24, 2.45) is 0 Å². The van der Waals surface area contributed by atoms with E-state index < -0.39 is 0 Å². The molecule has 6 heteroatoms. The van der Waals surface area contributed by atoms with Crippen molar-refractivity contribution >= 4 is 17.5 Å². The molecule has 1 amide bonds. The van der Waals surface area contributed by atoms with Gasteiger partial charge in [-0.1, -0.05) is 22.7 Å². The molecule has 0 saturated heterocycles. The van der Waals surface area contributed by atoms with E-state index in [0.717, 1.165) is 5.56 Å². The van der Waals surface area contributed by atoms with Crippen LogP contribution in [0.2, 0.25) is 5.02 Å². The van der Waals surface area contributed by atoms with Gasteiger partial charge in [0.05, 0.1) is 6.54 Å². The van der Waals surface area contributed by atoms with E-state index in [1.165, 1.54) is 0 Å². The van der Waals surface area contributed by atoms with Crippen molar-refractivity contribution in [1.29, 1.82) is 0 Å². The summed E-state index contributed by atoms with van der Waals surface area (Å²) >= 11 is 5.81. The quantitative estimate of drug-likeness (QED) is 0.856. The molecule has 2 aromatic rings. The summed E-state index contributed by atoms with van der Waals surface area (Å²) in [6, 6.07) is 7.10. The molecule has 1 heterocycles. The molecular weight excluding hydrogens is 278 g/mol. The van der Waals surface area contributed by atoms with Crippen LogP contribution in [-0.4, -0.2) is 22.6 Å². The molecule has 0 aliphatic heterocycles. The van der Waals surface area contributed by atoms with Gasteiger partial charge in [0.15, 0.2) is 0 Å². The SMILES string of the molecule is C#CCNC(=O)CCc1nc(-c2ccc(Cl)cc2)no1. The second-order valence-electron chi connectivity index (χ2n) is 4.00. The fourth-order valence-electron chi connectivity index (χ4n) is 1.53. The monoisotopic (exact) mass is 289 g/mol. The topological polar surface area (TPSA) is 68.0 Å². The van der Waals surface area contributed by atoms with Gasteiger partial charge in [0.2, 0.25) is 17.6 Å². The number of carbonyl (C=O) groups excluding carboxylic acids is 1. The van der Waals surface area contributed by atoms with Crippen molar-refractivity contribution in [2.75, 3.05) is 6.54 Å². The van der Waals surface area contributed by atoms with Crippen LogP contribution in [0, 0.1) is 12.3 Å². The third-order valence-corrected chi connectivity index (χ3v) is 2.78. The van der Waals surface area contributed by atoms with E-state index in [1.807, 2.05) is 0 Å². The molecule has 102 valence electrons. The number of halogens is 1. The van der Waals surface area contributed by atoms with Gasteiger partial charge in [-0.15, -0.1) is 6.42 Å². The molecule has 1 aromatic heterocycles. The average molecular weight is 290 g/mol. The Hall–Kier alpha value is -2.32. The molecule has 5 nitrogen and oxygen atoms in total. The molecule has 0 spiro atoms. The summed E-state index contributed by atoms with van der Waals surface area (Å²) in [6.07, 6.45) is 5.67. The summed E-state index contributed by atoms with van der Waals surface area (Å²) in [5.74, 6) is 3.07. The number of aryl methyl sites for hydroxylation is 1. The zero-order chi connectivity index (χ0) is 14.4. The molecule has 1 N–H and O–H groups in total. The molecule has 0 unspecified atom stereocenters. The third-order valence-electron chi connectivity index (χ3n) is 2.52. The van der Waals surface area contributed by atoms with Crippen molar-refractivity contribution in [3.05, 3.63) is 35.2 Å². The highest BCUT2D eigenvalue weighted by Gasteiger charge is 2.10. The van der Waals surface area contributed by atoms with E-state index in [1.54, 1.807) is 24.3 Å². The van der Waals surface area contributed by atoms with Crippen molar-refractivity contribution in [2.45, 2.75) is 12.8 Å². The zero-order valence-corrected chi connectivity index (χ0v) is 11.4. The Balaban J connectivity index is 1.94. The van der Waals surface area contributed by atoms with E-state index in [-0.39, 0.29) is 18.9 Å². The summed E-state index contributed by atoms with van der Waals surface area (Å²) in [4.78, 5) is 15.6. The molecule has 0 atom stereocenters. The van der Waals surface area contributed by atoms with Gasteiger partial charge in [-0.3, -0.25) is 4.79 Å². The lowest BCUT2D eigenvalue weighted by atomic mass is 10.2. The van der Waals surface area contributed by atoms with Crippen LogP contribution >= 0.6 is 11.6 Å². The number of nitrogens with zero attached hydrogens (tertiary/aromatic N) is 2. The van der Waals surface area contributed by atoms with Gasteiger partial charge >= 0.3 is 0 Å². The molecule has 0 radical (unpaired) electrons. The van der Waals surface area contributed by atoms with Gasteiger partial charge in [0.25, 0.3) is 0 Å². The molecule has 0 aliphatic carbocycles. The summed E-state index contributed by atoms with van der Waals surface area (Å²) in [5, 5.41) is 7.07. The summed E-state index contributed by atoms with van der Waals surface area (Å²) < 4.78 is 5.09. The van der Waals surface area contributed by atoms with Crippen molar-refractivity contribution in [3.63, 3.8) is 0 Å². The normalized spacial score (nSPS) is 10.0. The molecule has 0 bridgehead atoms. The molecule has 2 rings (SSSR count). The predicted octanol–water partition coefficient (Wildman–Crippen LogP) is 2.07. The minimum Gasteiger partial charge on any atom is -0.345 e. The molecule has 0 fully saturated rings. The maximum absolute atomic E-state index is 11.4. The lowest BCUT2D eigenvalue weighted by Crippen LogP contribution is -2.23. The number of benzene rings is 1. The highest BCUT2D eigenvalue weighted by atomic mass is 35.5. The number of rotatable bonds is 5. The highest BCUT2D eigenvalue weighted by Crippen LogP contribution is 2.18. The Morgan fingerprint density at radius 1 is 1.40 bits per heavy atom. The first-order chi connectivity index (χ1) is 9.69. The van der Waals surface area contributed by atoms with Gasteiger partial charge < -0.3 is 9.84 Å². The summed E-state index contributed by atoms with van der Waals surface area (Å²) in [7, 11) is 0. The molecule has 20 heavy (non-hydrogen) atoms. The zero-order valence-electron chi connectivity index (χ0n) is 10.6. The smallest absolute Gasteiger partial charge is 0.227 e. The van der Waals surface area contributed by atoms with Crippen LogP contribution in [0.1, 0.15) is 12.3 Å².